The van der Waals surface area contributed by atoms with Gasteiger partial charge < -0.3 is 34.3 Å². The quantitative estimate of drug-likeness (QED) is 0.210. The third kappa shape index (κ3) is 8.12. The molecule has 0 bridgehead atoms. The highest BCUT2D eigenvalue weighted by molar-refractivity contribution is 6.35. The van der Waals surface area contributed by atoms with E-state index in [9.17, 15) is 4.79 Å². The molecule has 2 saturated heterocycles. The fraction of sp³-hybridized carbons (Fsp3) is 0.353. The van der Waals surface area contributed by atoms with Crippen LogP contribution in [0.15, 0.2) is 85.5 Å². The van der Waals surface area contributed by atoms with Crippen LogP contribution in [-0.2, 0) is 21.8 Å². The molecule has 0 unspecified atom stereocenters. The summed E-state index contributed by atoms with van der Waals surface area (Å²) in [6, 6.07) is 21.0. The molecule has 3 aromatic carbocycles. The topological polar surface area (TPSA) is 93.1 Å². The molecule has 1 aromatic heterocycles. The molecule has 2 aliphatic heterocycles. The smallest absolute Gasteiger partial charge is 0.319 e. The van der Waals surface area contributed by atoms with Crippen LogP contribution in [0.1, 0.15) is 11.1 Å². The maximum atomic E-state index is 12.2. The van der Waals surface area contributed by atoms with E-state index in [1.807, 2.05) is 60.2 Å². The van der Waals surface area contributed by atoms with Crippen LogP contribution >= 0.6 is 23.2 Å². The fourth-order valence-corrected chi connectivity index (χ4v) is 6.24. The molecule has 0 spiro atoms. The SMILES string of the molecule is Cc1ccc(NC(=O)NCCN2CCN(c3ccc(OC[C@@H]4CO[C@@](Cn5ccnc5)(c5ccc(Cl)cc5Cl)O4)cc3)CC2)cc1. The van der Waals surface area contributed by atoms with Gasteiger partial charge in [0.1, 0.15) is 18.5 Å². The molecule has 2 atom stereocenters. The molecule has 46 heavy (non-hydrogen) atoms. The van der Waals surface area contributed by atoms with Gasteiger partial charge in [0.2, 0.25) is 5.79 Å². The maximum absolute atomic E-state index is 12.2. The zero-order chi connectivity index (χ0) is 31.9. The summed E-state index contributed by atoms with van der Waals surface area (Å²) < 4.78 is 20.8. The van der Waals surface area contributed by atoms with Gasteiger partial charge in [0, 0.05) is 73.6 Å². The number of rotatable bonds is 11. The number of hydrogen-bond donors (Lipinski definition) is 2. The summed E-state index contributed by atoms with van der Waals surface area (Å²) in [5, 5.41) is 6.84. The lowest BCUT2D eigenvalue weighted by atomic mass is 10.1. The van der Waals surface area contributed by atoms with E-state index in [1.54, 1.807) is 24.7 Å². The van der Waals surface area contributed by atoms with Gasteiger partial charge in [-0.3, -0.25) is 4.90 Å². The van der Waals surface area contributed by atoms with E-state index >= 15 is 0 Å². The first kappa shape index (κ1) is 32.2. The van der Waals surface area contributed by atoms with Gasteiger partial charge >= 0.3 is 6.03 Å². The van der Waals surface area contributed by atoms with Gasteiger partial charge in [-0.1, -0.05) is 47.0 Å². The van der Waals surface area contributed by atoms with Crippen LogP contribution in [0.3, 0.4) is 0 Å². The standard InChI is InChI=1S/C34H38Cl2N6O4/c1-25-2-5-27(6-3-25)39-33(43)38-13-15-40-16-18-42(19-17-40)28-7-9-29(10-8-28)44-21-30-22-45-34(46-30,23-41-14-12-37-24-41)31-11-4-26(35)20-32(31)36/h2-12,14,20,24,30H,13,15-19,21-23H2,1H3,(H2,38,39,43)/t30-,34-/m1/s1. The number of aryl methyl sites for hydroxylation is 1. The number of carbonyl (C=O) groups excluding carboxylic acids is 1. The van der Waals surface area contributed by atoms with Crippen LogP contribution in [0.5, 0.6) is 5.75 Å². The number of benzene rings is 3. The lowest BCUT2D eigenvalue weighted by molar-refractivity contribution is -0.189. The number of hydrogen-bond acceptors (Lipinski definition) is 7. The van der Waals surface area contributed by atoms with Crippen molar-refractivity contribution < 1.29 is 19.0 Å². The number of aromatic nitrogens is 2. The Morgan fingerprint density at radius 2 is 1.83 bits per heavy atom. The molecule has 12 heteroatoms. The minimum absolute atomic E-state index is 0.184. The molecular formula is C34H38Cl2N6O4. The summed E-state index contributed by atoms with van der Waals surface area (Å²) in [4.78, 5) is 21.1. The first-order chi connectivity index (χ1) is 22.3. The number of amides is 2. The normalized spacial score (nSPS) is 20.1. The minimum atomic E-state index is -1.09. The van der Waals surface area contributed by atoms with Crippen molar-refractivity contribution in [1.82, 2.24) is 19.8 Å². The van der Waals surface area contributed by atoms with Crippen molar-refractivity contribution in [3.63, 3.8) is 0 Å². The molecule has 2 fully saturated rings. The Bertz CT molecular complexity index is 1580. The Kier molecular flexibility index (Phi) is 10.3. The number of nitrogens with one attached hydrogen (secondary N) is 2. The van der Waals surface area contributed by atoms with Crippen molar-refractivity contribution >= 4 is 40.6 Å². The van der Waals surface area contributed by atoms with Crippen molar-refractivity contribution in [2.45, 2.75) is 25.4 Å². The first-order valence-corrected chi connectivity index (χ1v) is 16.2. The molecule has 2 amide bonds. The molecule has 3 heterocycles. The number of piperazine rings is 1. The Morgan fingerprint density at radius 3 is 2.54 bits per heavy atom. The molecular weight excluding hydrogens is 627 g/mol. The highest BCUT2D eigenvalue weighted by Gasteiger charge is 2.45. The minimum Gasteiger partial charge on any atom is -0.491 e. The molecule has 4 aromatic rings. The van der Waals surface area contributed by atoms with Gasteiger partial charge in [0.05, 0.1) is 24.5 Å². The molecule has 242 valence electrons. The van der Waals surface area contributed by atoms with E-state index in [4.69, 9.17) is 37.4 Å². The molecule has 2 N–H and O–H groups in total. The third-order valence-electron chi connectivity index (χ3n) is 8.18. The highest BCUT2D eigenvalue weighted by Crippen LogP contribution is 2.40. The summed E-state index contributed by atoms with van der Waals surface area (Å²) >= 11 is 12.7. The Balaban J connectivity index is 0.947. The number of ether oxygens (including phenoxy) is 3. The van der Waals surface area contributed by atoms with Crippen molar-refractivity contribution in [1.29, 1.82) is 0 Å². The Labute approximate surface area is 279 Å². The lowest BCUT2D eigenvalue weighted by Gasteiger charge is -2.36. The average Bonchev–Trinajstić information content (AvgIpc) is 3.72. The second kappa shape index (κ2) is 14.7. The van der Waals surface area contributed by atoms with Crippen LogP contribution in [0.25, 0.3) is 0 Å². The number of imidazole rings is 1. The average molecular weight is 666 g/mol. The largest absolute Gasteiger partial charge is 0.491 e. The van der Waals surface area contributed by atoms with E-state index in [2.05, 4.69) is 37.6 Å². The van der Waals surface area contributed by atoms with Crippen molar-refractivity contribution in [3.8, 4) is 5.75 Å². The van der Waals surface area contributed by atoms with Gasteiger partial charge in [-0.15, -0.1) is 0 Å². The predicted molar refractivity (Wildman–Crippen MR) is 180 cm³/mol. The van der Waals surface area contributed by atoms with Gasteiger partial charge in [-0.05, 0) is 55.5 Å². The van der Waals surface area contributed by atoms with Crippen LogP contribution in [0.2, 0.25) is 10.0 Å². The van der Waals surface area contributed by atoms with Gasteiger partial charge in [0.15, 0.2) is 0 Å². The third-order valence-corrected chi connectivity index (χ3v) is 8.73. The molecule has 0 saturated carbocycles. The summed E-state index contributed by atoms with van der Waals surface area (Å²) in [7, 11) is 0. The number of anilines is 2. The van der Waals surface area contributed by atoms with Gasteiger partial charge in [0.25, 0.3) is 0 Å². The monoisotopic (exact) mass is 664 g/mol. The van der Waals surface area contributed by atoms with Crippen LogP contribution in [0.4, 0.5) is 16.2 Å². The van der Waals surface area contributed by atoms with E-state index in [0.717, 1.165) is 55.4 Å². The Hall–Kier alpha value is -3.80. The zero-order valence-electron chi connectivity index (χ0n) is 25.7. The van der Waals surface area contributed by atoms with E-state index < -0.39 is 5.79 Å². The van der Waals surface area contributed by atoms with Crippen LogP contribution < -0.4 is 20.3 Å². The van der Waals surface area contributed by atoms with Crippen molar-refractivity contribution in [3.05, 3.63) is 107 Å². The summed E-state index contributed by atoms with van der Waals surface area (Å²) in [5.74, 6) is -0.329. The molecule has 6 rings (SSSR count). The summed E-state index contributed by atoms with van der Waals surface area (Å²) in [5.41, 5.74) is 3.81. The first-order valence-electron chi connectivity index (χ1n) is 15.4. The second-order valence-corrected chi connectivity index (χ2v) is 12.4. The van der Waals surface area contributed by atoms with E-state index in [0.29, 0.717) is 41.9 Å². The lowest BCUT2D eigenvalue weighted by Crippen LogP contribution is -2.48. The van der Waals surface area contributed by atoms with E-state index in [1.165, 1.54) is 0 Å². The van der Waals surface area contributed by atoms with Gasteiger partial charge in [-0.25, -0.2) is 9.78 Å². The van der Waals surface area contributed by atoms with Crippen LogP contribution in [0, 0.1) is 6.92 Å². The molecule has 0 radical (unpaired) electrons. The van der Waals surface area contributed by atoms with Crippen molar-refractivity contribution in [2.24, 2.45) is 0 Å². The number of halogens is 2. The molecule has 10 nitrogen and oxygen atoms in total. The maximum Gasteiger partial charge on any atom is 0.319 e. The Morgan fingerprint density at radius 1 is 1.04 bits per heavy atom. The molecule has 0 aliphatic carbocycles. The van der Waals surface area contributed by atoms with Gasteiger partial charge in [-0.2, -0.15) is 0 Å². The number of carbonyl (C=O) groups is 1. The second-order valence-electron chi connectivity index (χ2n) is 11.5. The summed E-state index contributed by atoms with van der Waals surface area (Å²) in [6.45, 7) is 8.16. The fourth-order valence-electron chi connectivity index (χ4n) is 5.69. The summed E-state index contributed by atoms with van der Waals surface area (Å²) in [6.07, 6.45) is 4.99. The molecule has 2 aliphatic rings. The number of nitrogens with zero attached hydrogens (tertiary/aromatic N) is 4. The van der Waals surface area contributed by atoms with Crippen LogP contribution in [-0.4, -0.2) is 79.1 Å². The van der Waals surface area contributed by atoms with Crippen molar-refractivity contribution in [2.75, 3.05) is 62.7 Å². The number of urea groups is 1. The van der Waals surface area contributed by atoms with E-state index in [-0.39, 0.29) is 12.1 Å². The predicted octanol–water partition coefficient (Wildman–Crippen LogP) is 5.79. The highest BCUT2D eigenvalue weighted by atomic mass is 35.5. The zero-order valence-corrected chi connectivity index (χ0v) is 27.2.